The quantitative estimate of drug-likeness (QED) is 0.773. The van der Waals surface area contributed by atoms with E-state index in [0.29, 0.717) is 0 Å². The van der Waals surface area contributed by atoms with Gasteiger partial charge < -0.3 is 9.80 Å². The maximum Gasteiger partial charge on any atom is 0.00220 e. The minimum atomic E-state index is 0.864. The van der Waals surface area contributed by atoms with Crippen molar-refractivity contribution in [1.29, 1.82) is 0 Å². The van der Waals surface area contributed by atoms with Crippen molar-refractivity contribution >= 4 is 0 Å². The zero-order chi connectivity index (χ0) is 15.1. The molecule has 2 aliphatic rings. The second-order valence-corrected chi connectivity index (χ2v) is 7.20. The summed E-state index contributed by atoms with van der Waals surface area (Å²) >= 11 is 0. The predicted molar refractivity (Wildman–Crippen MR) is 90.1 cm³/mol. The van der Waals surface area contributed by atoms with Crippen LogP contribution in [-0.2, 0) is 0 Å². The van der Waals surface area contributed by atoms with E-state index in [1.54, 1.807) is 0 Å². The molecule has 120 valence electrons. The highest BCUT2D eigenvalue weighted by Gasteiger charge is 2.29. The normalized spacial score (nSPS) is 32.9. The SMILES string of the molecule is CC.CC(C)C1CCN(CC2CCCN(C)C2)CC1C. The fourth-order valence-corrected chi connectivity index (χ4v) is 4.19. The summed E-state index contributed by atoms with van der Waals surface area (Å²) in [6.07, 6.45) is 4.27. The molecule has 3 atom stereocenters. The highest BCUT2D eigenvalue weighted by atomic mass is 15.2. The lowest BCUT2D eigenvalue weighted by Crippen LogP contribution is -2.45. The largest absolute Gasteiger partial charge is 0.306 e. The summed E-state index contributed by atoms with van der Waals surface area (Å²) in [6.45, 7) is 17.9. The lowest BCUT2D eigenvalue weighted by atomic mass is 9.79. The van der Waals surface area contributed by atoms with Gasteiger partial charge in [-0.3, -0.25) is 0 Å². The molecule has 0 aliphatic carbocycles. The Balaban J connectivity index is 0.000000956. The summed E-state index contributed by atoms with van der Waals surface area (Å²) in [7, 11) is 2.28. The molecule has 2 aliphatic heterocycles. The topological polar surface area (TPSA) is 6.48 Å². The molecule has 2 nitrogen and oxygen atoms in total. The highest BCUT2D eigenvalue weighted by Crippen LogP contribution is 2.30. The number of hydrogen-bond acceptors (Lipinski definition) is 2. The Hall–Kier alpha value is -0.0800. The van der Waals surface area contributed by atoms with Gasteiger partial charge in [0.25, 0.3) is 0 Å². The Morgan fingerprint density at radius 1 is 1.05 bits per heavy atom. The standard InChI is InChI=1S/C16H32N2.C2H6/c1-13(2)16-7-9-18(10-14(16)3)12-15-6-5-8-17(4)11-15;1-2/h13-16H,5-12H2,1-4H3;1-2H3. The first-order chi connectivity index (χ1) is 9.56. The maximum atomic E-state index is 2.74. The summed E-state index contributed by atoms with van der Waals surface area (Å²) in [4.78, 5) is 5.26. The van der Waals surface area contributed by atoms with Crippen LogP contribution in [0.2, 0.25) is 0 Å². The average Bonchev–Trinajstić information content (AvgIpc) is 2.40. The van der Waals surface area contributed by atoms with Gasteiger partial charge >= 0.3 is 0 Å². The Labute approximate surface area is 127 Å². The molecule has 3 unspecified atom stereocenters. The lowest BCUT2D eigenvalue weighted by molar-refractivity contribution is 0.0738. The van der Waals surface area contributed by atoms with Crippen molar-refractivity contribution in [2.24, 2.45) is 23.7 Å². The summed E-state index contributed by atoms with van der Waals surface area (Å²) in [5.74, 6) is 3.63. The number of piperidine rings is 2. The molecule has 0 aromatic rings. The molecular weight excluding hydrogens is 244 g/mol. The van der Waals surface area contributed by atoms with E-state index in [9.17, 15) is 0 Å². The van der Waals surface area contributed by atoms with Gasteiger partial charge in [-0.15, -0.1) is 0 Å². The molecule has 2 fully saturated rings. The molecule has 0 bridgehead atoms. The van der Waals surface area contributed by atoms with Crippen LogP contribution in [0.4, 0.5) is 0 Å². The molecule has 2 saturated heterocycles. The fourth-order valence-electron chi connectivity index (χ4n) is 4.19. The molecule has 0 aromatic heterocycles. The van der Waals surface area contributed by atoms with Gasteiger partial charge in [0.15, 0.2) is 0 Å². The van der Waals surface area contributed by atoms with E-state index in [2.05, 4.69) is 37.6 Å². The molecule has 2 heterocycles. The minimum Gasteiger partial charge on any atom is -0.306 e. The van der Waals surface area contributed by atoms with Crippen molar-refractivity contribution in [1.82, 2.24) is 9.80 Å². The molecule has 2 heteroatoms. The Morgan fingerprint density at radius 2 is 1.75 bits per heavy atom. The third-order valence-electron chi connectivity index (χ3n) is 5.15. The molecule has 0 amide bonds. The fraction of sp³-hybridized carbons (Fsp3) is 1.00. The van der Waals surface area contributed by atoms with Crippen LogP contribution in [0.5, 0.6) is 0 Å². The summed E-state index contributed by atoms with van der Waals surface area (Å²) < 4.78 is 0. The van der Waals surface area contributed by atoms with Crippen LogP contribution in [0.3, 0.4) is 0 Å². The van der Waals surface area contributed by atoms with Gasteiger partial charge in [0.2, 0.25) is 0 Å². The van der Waals surface area contributed by atoms with Gasteiger partial charge in [-0.1, -0.05) is 34.6 Å². The van der Waals surface area contributed by atoms with Crippen LogP contribution in [0, 0.1) is 23.7 Å². The number of likely N-dealkylation sites (tertiary alicyclic amines) is 2. The van der Waals surface area contributed by atoms with Crippen molar-refractivity contribution in [3.63, 3.8) is 0 Å². The van der Waals surface area contributed by atoms with Crippen molar-refractivity contribution < 1.29 is 0 Å². The minimum absolute atomic E-state index is 0.864. The lowest BCUT2D eigenvalue weighted by Gasteiger charge is -2.41. The summed E-state index contributed by atoms with van der Waals surface area (Å²) in [6, 6.07) is 0. The summed E-state index contributed by atoms with van der Waals surface area (Å²) in [5.41, 5.74) is 0. The Morgan fingerprint density at radius 3 is 2.30 bits per heavy atom. The molecular formula is C18H38N2. The van der Waals surface area contributed by atoms with Crippen molar-refractivity contribution in [3.8, 4) is 0 Å². The predicted octanol–water partition coefficient (Wildman–Crippen LogP) is 3.97. The van der Waals surface area contributed by atoms with E-state index < -0.39 is 0 Å². The van der Waals surface area contributed by atoms with Gasteiger partial charge in [-0.25, -0.2) is 0 Å². The first-order valence-electron chi connectivity index (χ1n) is 8.97. The van der Waals surface area contributed by atoms with Gasteiger partial charge in [0.1, 0.15) is 0 Å². The molecule has 0 saturated carbocycles. The highest BCUT2D eigenvalue weighted by molar-refractivity contribution is 4.82. The van der Waals surface area contributed by atoms with Crippen molar-refractivity contribution in [2.75, 3.05) is 39.8 Å². The van der Waals surface area contributed by atoms with Gasteiger partial charge in [0.05, 0.1) is 0 Å². The van der Waals surface area contributed by atoms with Crippen molar-refractivity contribution in [3.05, 3.63) is 0 Å². The second kappa shape index (κ2) is 9.04. The zero-order valence-corrected chi connectivity index (χ0v) is 14.9. The monoisotopic (exact) mass is 282 g/mol. The van der Waals surface area contributed by atoms with E-state index in [0.717, 1.165) is 23.7 Å². The van der Waals surface area contributed by atoms with E-state index in [4.69, 9.17) is 0 Å². The molecule has 0 spiro atoms. The van der Waals surface area contributed by atoms with Crippen molar-refractivity contribution in [2.45, 2.75) is 53.9 Å². The number of nitrogens with zero attached hydrogens (tertiary/aromatic N) is 2. The smallest absolute Gasteiger partial charge is 0.00220 e. The van der Waals surface area contributed by atoms with Gasteiger partial charge in [0, 0.05) is 19.6 Å². The third-order valence-corrected chi connectivity index (χ3v) is 5.15. The summed E-state index contributed by atoms with van der Waals surface area (Å²) in [5, 5.41) is 0. The van der Waals surface area contributed by atoms with Gasteiger partial charge in [-0.05, 0) is 63.1 Å². The van der Waals surface area contributed by atoms with E-state index in [1.807, 2.05) is 13.8 Å². The first kappa shape index (κ1) is 18.0. The van der Waals surface area contributed by atoms with Crippen LogP contribution in [-0.4, -0.2) is 49.6 Å². The Bertz CT molecular complexity index is 252. The third kappa shape index (κ3) is 5.37. The van der Waals surface area contributed by atoms with E-state index in [-0.39, 0.29) is 0 Å². The molecule has 0 aromatic carbocycles. The van der Waals surface area contributed by atoms with Crippen LogP contribution in [0.25, 0.3) is 0 Å². The zero-order valence-electron chi connectivity index (χ0n) is 14.9. The number of rotatable bonds is 3. The number of hydrogen-bond donors (Lipinski definition) is 0. The molecule has 20 heavy (non-hydrogen) atoms. The second-order valence-electron chi connectivity index (χ2n) is 7.20. The van der Waals surface area contributed by atoms with Crippen LogP contribution < -0.4 is 0 Å². The average molecular weight is 283 g/mol. The van der Waals surface area contributed by atoms with E-state index in [1.165, 1.54) is 52.0 Å². The van der Waals surface area contributed by atoms with Crippen LogP contribution in [0.15, 0.2) is 0 Å². The van der Waals surface area contributed by atoms with Gasteiger partial charge in [-0.2, -0.15) is 0 Å². The molecule has 0 radical (unpaired) electrons. The molecule has 2 rings (SSSR count). The van der Waals surface area contributed by atoms with Crippen LogP contribution in [0.1, 0.15) is 53.9 Å². The Kier molecular flexibility index (Phi) is 8.13. The molecule has 0 N–H and O–H groups in total. The maximum absolute atomic E-state index is 2.74. The first-order valence-corrected chi connectivity index (χ1v) is 8.97. The van der Waals surface area contributed by atoms with Crippen LogP contribution >= 0.6 is 0 Å². The van der Waals surface area contributed by atoms with E-state index >= 15 is 0 Å².